The molecule has 0 fully saturated rings. The van der Waals surface area contributed by atoms with Crippen LogP contribution in [0, 0.1) is 116 Å². The number of benzene rings is 7. The molecule has 0 saturated heterocycles. The Balaban J connectivity index is 0.000000254. The van der Waals surface area contributed by atoms with Crippen molar-refractivity contribution in [2.45, 2.75) is 0 Å². The van der Waals surface area contributed by atoms with Crippen LogP contribution in [0.5, 0.6) is 5.75 Å². The maximum Gasteiger partial charge on any atom is 0.223 e. The summed E-state index contributed by atoms with van der Waals surface area (Å²) >= 11 is 0. The molecule has 66 heavy (non-hydrogen) atoms. The van der Waals surface area contributed by atoms with Gasteiger partial charge in [0.05, 0.1) is 0 Å². The Labute approximate surface area is 354 Å². The molecule has 2 nitrogen and oxygen atoms in total. The largest absolute Gasteiger partial charge is 0.230 e. The van der Waals surface area contributed by atoms with Gasteiger partial charge in [0.1, 0.15) is 52.7 Å². The first kappa shape index (κ1) is 46.7. The Morgan fingerprint density at radius 3 is 0.803 bits per heavy atom. The molecule has 0 saturated carbocycles. The quantitative estimate of drug-likeness (QED) is 0.0405. The van der Waals surface area contributed by atoms with E-state index < -0.39 is 144 Å². The van der Waals surface area contributed by atoms with Crippen molar-refractivity contribution < 1.29 is 97.4 Å². The van der Waals surface area contributed by atoms with Crippen LogP contribution < -0.4 is 31.4 Å². The van der Waals surface area contributed by atoms with Crippen molar-refractivity contribution in [1.29, 1.82) is 0 Å². The summed E-state index contributed by atoms with van der Waals surface area (Å²) in [7, 11) is 0. The van der Waals surface area contributed by atoms with Crippen LogP contribution in [0.3, 0.4) is 0 Å². The fourth-order valence-corrected chi connectivity index (χ4v) is 7.49. The van der Waals surface area contributed by atoms with Gasteiger partial charge in [0.15, 0.2) is 69.8 Å². The molecule has 0 unspecified atom stereocenters. The predicted octanol–water partition coefficient (Wildman–Crippen LogP) is 9.97. The number of fused-ring (bicyclic) bond motifs is 2. The molecule has 1 heterocycles. The van der Waals surface area contributed by atoms with Gasteiger partial charge in [-0.05, 0) is 16.8 Å². The number of hydrogen-bond donors (Lipinski definition) is 0. The van der Waals surface area contributed by atoms with E-state index in [1.165, 1.54) is 10.8 Å². The van der Waals surface area contributed by atoms with Gasteiger partial charge in [-0.3, -0.25) is 0 Å². The highest BCUT2D eigenvalue weighted by atomic mass is 19.2. The Hall–Kier alpha value is -7.33. The monoisotopic (exact) mass is 951 g/mol. The molecule has 8 aromatic rings. The molecule has 8 rings (SSSR count). The highest BCUT2D eigenvalue weighted by Gasteiger charge is 2.52. The van der Waals surface area contributed by atoms with Gasteiger partial charge in [-0.2, -0.15) is 0 Å². The maximum atomic E-state index is 15.4. The molecule has 0 radical (unpaired) electrons. The van der Waals surface area contributed by atoms with E-state index in [2.05, 4.69) is 42.5 Å². The fourth-order valence-electron chi connectivity index (χ4n) is 7.49. The number of nitrogens with zero attached hydrogens (tertiary/aromatic N) is 1. The molecular formula is C43H14BF20NO. The van der Waals surface area contributed by atoms with E-state index in [4.69, 9.17) is 4.84 Å². The lowest BCUT2D eigenvalue weighted by Gasteiger charge is -2.44. The molecule has 0 aliphatic rings. The normalized spacial score (nSPS) is 11.6. The molecule has 0 aliphatic carbocycles. The topological polar surface area (TPSA) is 13.1 Å². The molecule has 0 spiro atoms. The van der Waals surface area contributed by atoms with Crippen molar-refractivity contribution in [1.82, 2.24) is 0 Å². The number of hydrogen-bond acceptors (Lipinski definition) is 1. The highest BCUT2D eigenvalue weighted by molar-refractivity contribution is 7.20. The summed E-state index contributed by atoms with van der Waals surface area (Å²) < 4.78 is 296. The van der Waals surface area contributed by atoms with Gasteiger partial charge in [0.2, 0.25) is 18.1 Å². The number of aromatic nitrogens is 1. The minimum Gasteiger partial charge on any atom is -0.230 e. The average molecular weight is 951 g/mol. The zero-order chi connectivity index (χ0) is 48.4. The summed E-state index contributed by atoms with van der Waals surface area (Å²) in [5.41, 5.74) is -14.3. The van der Waals surface area contributed by atoms with Crippen LogP contribution >= 0.6 is 0 Å². The first-order valence-corrected chi connectivity index (χ1v) is 17.9. The summed E-state index contributed by atoms with van der Waals surface area (Å²) in [6.07, 6.45) is -3.42. The van der Waals surface area contributed by atoms with Crippen LogP contribution in [-0.4, -0.2) is 6.15 Å². The molecule has 0 aliphatic heterocycles. The minimum atomic E-state index is -7.22. The van der Waals surface area contributed by atoms with Gasteiger partial charge < -0.3 is 0 Å². The van der Waals surface area contributed by atoms with Crippen molar-refractivity contribution >= 4 is 49.5 Å². The molecule has 0 N–H and O–H groups in total. The number of rotatable bonds is 6. The molecular weight excluding hydrogens is 937 g/mol. The first-order chi connectivity index (χ1) is 31.1. The van der Waals surface area contributed by atoms with E-state index in [0.29, 0.717) is 0 Å². The second kappa shape index (κ2) is 17.2. The van der Waals surface area contributed by atoms with Crippen LogP contribution in [-0.2, 0) is 0 Å². The van der Waals surface area contributed by atoms with Gasteiger partial charge in [0.25, 0.3) is 0 Å². The summed E-state index contributed by atoms with van der Waals surface area (Å²) in [6.45, 7) is 0. The standard InChI is InChI=1S/C24BF20.C19H14NO/c26-5-1(6(27)14(35)21(42)13(5)34)25(2-7(28)15(36)22(43)16(37)8(2)29,3-9(30)17(38)23(44)18(39)10(3)31)4-11(32)19(40)24(45)20(41)12(4)33;1-6-12-20(13-7-1)21-19-17-10-4-2-8-15(17)14-16-9-3-5-11-18(16)19/h;1-14H/q-1;+1. The SMILES string of the molecule is Fc1c(F)c(F)c([B-](c2c(F)c(F)c(F)c(F)c2F)(c2c(F)c(F)c(F)c(F)c2F)c2c(F)c(F)c(F)c(F)c2F)c(F)c1F.c1cc[n+](Oc2c3ccccc3cc3ccccc23)cc1. The lowest BCUT2D eigenvalue weighted by Crippen LogP contribution is -2.81. The first-order valence-electron chi connectivity index (χ1n) is 17.9. The van der Waals surface area contributed by atoms with E-state index in [1.54, 1.807) is 4.73 Å². The third-order valence-electron chi connectivity index (χ3n) is 10.3. The Morgan fingerprint density at radius 2 is 0.530 bits per heavy atom. The Bertz CT molecular complexity index is 2860. The predicted molar refractivity (Wildman–Crippen MR) is 193 cm³/mol. The summed E-state index contributed by atoms with van der Waals surface area (Å²) in [4.78, 5) is 6.12. The lowest BCUT2D eigenvalue weighted by atomic mass is 9.12. The summed E-state index contributed by atoms with van der Waals surface area (Å²) in [6, 6.07) is 24.7. The highest BCUT2D eigenvalue weighted by Crippen LogP contribution is 2.35. The van der Waals surface area contributed by atoms with Gasteiger partial charge in [-0.1, -0.05) is 54.6 Å². The van der Waals surface area contributed by atoms with E-state index >= 15 is 35.1 Å². The minimum absolute atomic E-state index is 0.889. The van der Waals surface area contributed by atoms with Crippen LogP contribution in [0.15, 0.2) is 85.2 Å². The van der Waals surface area contributed by atoms with Crippen molar-refractivity contribution in [2.24, 2.45) is 0 Å². The van der Waals surface area contributed by atoms with E-state index in [0.717, 1.165) is 16.5 Å². The Morgan fingerprint density at radius 1 is 0.288 bits per heavy atom. The van der Waals surface area contributed by atoms with Gasteiger partial charge >= 0.3 is 0 Å². The molecule has 23 heteroatoms. The molecule has 0 amide bonds. The summed E-state index contributed by atoms with van der Waals surface area (Å²) in [5.74, 6) is -70.5. The van der Waals surface area contributed by atoms with Gasteiger partial charge in [-0.15, -0.1) is 21.9 Å². The lowest BCUT2D eigenvalue weighted by molar-refractivity contribution is -0.874. The number of halogens is 20. The van der Waals surface area contributed by atoms with E-state index in [9.17, 15) is 52.7 Å². The molecule has 340 valence electrons. The molecule has 1 aromatic heterocycles. The molecule has 0 bridgehead atoms. The zero-order valence-corrected chi connectivity index (χ0v) is 31.6. The second-order valence-electron chi connectivity index (χ2n) is 13.8. The second-order valence-corrected chi connectivity index (χ2v) is 13.8. The van der Waals surface area contributed by atoms with Crippen molar-refractivity contribution in [3.8, 4) is 5.75 Å². The van der Waals surface area contributed by atoms with Crippen molar-refractivity contribution in [3.05, 3.63) is 202 Å². The smallest absolute Gasteiger partial charge is 0.223 e. The van der Waals surface area contributed by atoms with Crippen LogP contribution in [0.1, 0.15) is 0 Å². The third kappa shape index (κ3) is 6.98. The van der Waals surface area contributed by atoms with Crippen molar-refractivity contribution in [3.63, 3.8) is 0 Å². The van der Waals surface area contributed by atoms with Crippen LogP contribution in [0.2, 0.25) is 0 Å². The van der Waals surface area contributed by atoms with E-state index in [1.807, 2.05) is 42.7 Å². The molecule has 7 aromatic carbocycles. The van der Waals surface area contributed by atoms with Gasteiger partial charge in [0, 0.05) is 27.6 Å². The molecule has 0 atom stereocenters. The number of pyridine rings is 1. The average Bonchev–Trinajstić information content (AvgIpc) is 3.31. The zero-order valence-electron chi connectivity index (χ0n) is 31.6. The fraction of sp³-hybridized carbons (Fsp3) is 0. The Kier molecular flexibility index (Phi) is 12.2. The van der Waals surface area contributed by atoms with Crippen LogP contribution in [0.25, 0.3) is 21.5 Å². The van der Waals surface area contributed by atoms with Crippen molar-refractivity contribution in [2.75, 3.05) is 0 Å². The van der Waals surface area contributed by atoms with Gasteiger partial charge in [-0.25, -0.2) is 92.6 Å². The third-order valence-corrected chi connectivity index (χ3v) is 10.3. The maximum absolute atomic E-state index is 15.4. The van der Waals surface area contributed by atoms with Crippen LogP contribution in [0.4, 0.5) is 87.8 Å². The summed E-state index contributed by atoms with van der Waals surface area (Å²) in [5, 5.41) is 4.60. The van der Waals surface area contributed by atoms with E-state index in [-0.39, 0.29) is 0 Å².